The number of fused-ring (bicyclic) bond motifs is 1. The molecule has 0 spiro atoms. The molecule has 0 heterocycles. The van der Waals surface area contributed by atoms with Crippen LogP contribution in [-0.4, -0.2) is 0 Å². The second kappa shape index (κ2) is 5.65. The summed E-state index contributed by atoms with van der Waals surface area (Å²) in [5.74, 6) is -9.70. The van der Waals surface area contributed by atoms with Crippen molar-refractivity contribution >= 4 is 10.8 Å². The minimum atomic E-state index is -2.16. The second-order valence-electron chi connectivity index (χ2n) is 5.19. The van der Waals surface area contributed by atoms with E-state index in [4.69, 9.17) is 0 Å². The van der Waals surface area contributed by atoms with E-state index in [0.29, 0.717) is 5.39 Å². The Morgan fingerprint density at radius 1 is 0.652 bits per heavy atom. The third kappa shape index (κ3) is 2.46. The number of benzene rings is 3. The highest BCUT2D eigenvalue weighted by atomic mass is 19.2. The summed E-state index contributed by atoms with van der Waals surface area (Å²) in [5, 5.41) is 1.49. The summed E-state index contributed by atoms with van der Waals surface area (Å²) in [6.07, 6.45) is 0.829. The highest BCUT2D eigenvalue weighted by Crippen LogP contribution is 2.33. The van der Waals surface area contributed by atoms with E-state index in [0.717, 1.165) is 17.4 Å². The number of halogens is 5. The Kier molecular flexibility index (Phi) is 3.80. The van der Waals surface area contributed by atoms with E-state index in [1.807, 2.05) is 19.1 Å². The van der Waals surface area contributed by atoms with Crippen LogP contribution in [0, 0.1) is 29.1 Å². The monoisotopic (exact) mass is 322 g/mol. The standard InChI is InChI=1S/C18H11F5/c1-2-9-3-4-11-8-12(6-5-10(11)7-9)13-14(19)16(21)18(23)17(22)15(13)20/h3-8H,2H2,1H3. The van der Waals surface area contributed by atoms with E-state index in [2.05, 4.69) is 0 Å². The van der Waals surface area contributed by atoms with Crippen LogP contribution < -0.4 is 0 Å². The third-order valence-corrected chi connectivity index (χ3v) is 3.81. The fourth-order valence-corrected chi connectivity index (χ4v) is 2.53. The summed E-state index contributed by atoms with van der Waals surface area (Å²) in [6, 6.07) is 9.88. The van der Waals surface area contributed by atoms with Crippen LogP contribution in [0.1, 0.15) is 12.5 Å². The first-order chi connectivity index (χ1) is 10.9. The van der Waals surface area contributed by atoms with Crippen LogP contribution >= 0.6 is 0 Å². The van der Waals surface area contributed by atoms with E-state index in [1.165, 1.54) is 12.1 Å². The Morgan fingerprint density at radius 3 is 1.78 bits per heavy atom. The van der Waals surface area contributed by atoms with Gasteiger partial charge in [-0.3, -0.25) is 0 Å². The topological polar surface area (TPSA) is 0 Å². The van der Waals surface area contributed by atoms with Gasteiger partial charge in [0, 0.05) is 0 Å². The van der Waals surface area contributed by atoms with Crippen LogP contribution in [0.5, 0.6) is 0 Å². The average Bonchev–Trinajstić information content (AvgIpc) is 2.58. The zero-order valence-corrected chi connectivity index (χ0v) is 12.1. The predicted molar refractivity (Wildman–Crippen MR) is 78.6 cm³/mol. The summed E-state index contributed by atoms with van der Waals surface area (Å²) in [5.41, 5.74) is 0.110. The molecule has 0 nitrogen and oxygen atoms in total. The molecule has 0 N–H and O–H groups in total. The molecule has 0 aliphatic rings. The van der Waals surface area contributed by atoms with E-state index in [9.17, 15) is 22.0 Å². The number of hydrogen-bond acceptors (Lipinski definition) is 0. The fraction of sp³-hybridized carbons (Fsp3) is 0.111. The SMILES string of the molecule is CCc1ccc2cc(-c3c(F)c(F)c(F)c(F)c3F)ccc2c1. The summed E-state index contributed by atoms with van der Waals surface area (Å²) in [4.78, 5) is 0. The highest BCUT2D eigenvalue weighted by molar-refractivity contribution is 5.88. The Labute approximate surface area is 129 Å². The first kappa shape index (κ1) is 15.5. The van der Waals surface area contributed by atoms with Gasteiger partial charge < -0.3 is 0 Å². The average molecular weight is 322 g/mol. The number of rotatable bonds is 2. The molecule has 23 heavy (non-hydrogen) atoms. The molecule has 0 radical (unpaired) electrons. The molecule has 0 fully saturated rings. The van der Waals surface area contributed by atoms with Gasteiger partial charge >= 0.3 is 0 Å². The molecule has 3 aromatic carbocycles. The summed E-state index contributed by atoms with van der Waals surface area (Å²) >= 11 is 0. The smallest absolute Gasteiger partial charge is 0.200 e. The Balaban J connectivity index is 2.25. The molecule has 0 unspecified atom stereocenters. The lowest BCUT2D eigenvalue weighted by Gasteiger charge is -2.10. The zero-order valence-electron chi connectivity index (χ0n) is 12.1. The summed E-state index contributed by atoms with van der Waals surface area (Å²) < 4.78 is 67.6. The van der Waals surface area contributed by atoms with Crippen molar-refractivity contribution in [2.45, 2.75) is 13.3 Å². The lowest BCUT2D eigenvalue weighted by molar-refractivity contribution is 0.381. The second-order valence-corrected chi connectivity index (χ2v) is 5.19. The van der Waals surface area contributed by atoms with E-state index >= 15 is 0 Å². The van der Waals surface area contributed by atoms with Crippen LogP contribution in [0.2, 0.25) is 0 Å². The molecule has 0 aliphatic carbocycles. The van der Waals surface area contributed by atoms with Gasteiger partial charge in [-0.05, 0) is 34.4 Å². The summed E-state index contributed by atoms with van der Waals surface area (Å²) in [7, 11) is 0. The molecule has 0 aliphatic heterocycles. The molecule has 5 heteroatoms. The summed E-state index contributed by atoms with van der Waals surface area (Å²) in [6.45, 7) is 1.99. The van der Waals surface area contributed by atoms with Crippen molar-refractivity contribution in [3.05, 3.63) is 71.0 Å². The Bertz CT molecular complexity index is 886. The van der Waals surface area contributed by atoms with Crippen molar-refractivity contribution in [3.8, 4) is 11.1 Å². The van der Waals surface area contributed by atoms with Gasteiger partial charge in [0.2, 0.25) is 5.82 Å². The molecule has 0 bridgehead atoms. The number of aryl methyl sites for hydroxylation is 1. The van der Waals surface area contributed by atoms with E-state index in [-0.39, 0.29) is 5.56 Å². The maximum absolute atomic E-state index is 13.9. The Morgan fingerprint density at radius 2 is 1.17 bits per heavy atom. The predicted octanol–water partition coefficient (Wildman–Crippen LogP) is 5.76. The lowest BCUT2D eigenvalue weighted by Crippen LogP contribution is -2.04. The first-order valence-corrected chi connectivity index (χ1v) is 6.98. The molecule has 0 saturated carbocycles. The Hall–Kier alpha value is -2.43. The highest BCUT2D eigenvalue weighted by Gasteiger charge is 2.26. The van der Waals surface area contributed by atoms with Gasteiger partial charge in [-0.1, -0.05) is 37.3 Å². The van der Waals surface area contributed by atoms with Gasteiger partial charge in [0.1, 0.15) is 0 Å². The molecular formula is C18H11F5. The van der Waals surface area contributed by atoms with Gasteiger partial charge in [0.05, 0.1) is 5.56 Å². The molecule has 0 saturated heterocycles. The van der Waals surface area contributed by atoms with Crippen LogP contribution in [0.3, 0.4) is 0 Å². The molecule has 0 aromatic heterocycles. The van der Waals surface area contributed by atoms with Gasteiger partial charge in [-0.25, -0.2) is 22.0 Å². The van der Waals surface area contributed by atoms with Crippen LogP contribution in [0.4, 0.5) is 22.0 Å². The maximum Gasteiger partial charge on any atom is 0.200 e. The van der Waals surface area contributed by atoms with Gasteiger partial charge in [-0.15, -0.1) is 0 Å². The van der Waals surface area contributed by atoms with Crippen molar-refractivity contribution in [2.24, 2.45) is 0 Å². The van der Waals surface area contributed by atoms with Crippen molar-refractivity contribution < 1.29 is 22.0 Å². The van der Waals surface area contributed by atoms with Gasteiger partial charge in [0.15, 0.2) is 23.3 Å². The van der Waals surface area contributed by atoms with Crippen molar-refractivity contribution in [2.75, 3.05) is 0 Å². The van der Waals surface area contributed by atoms with Crippen LogP contribution in [0.15, 0.2) is 36.4 Å². The lowest BCUT2D eigenvalue weighted by atomic mass is 9.98. The normalized spacial score (nSPS) is 11.2. The van der Waals surface area contributed by atoms with Crippen molar-refractivity contribution in [3.63, 3.8) is 0 Å². The van der Waals surface area contributed by atoms with Crippen molar-refractivity contribution in [1.82, 2.24) is 0 Å². The number of hydrogen-bond donors (Lipinski definition) is 0. The third-order valence-electron chi connectivity index (χ3n) is 3.81. The van der Waals surface area contributed by atoms with Crippen molar-refractivity contribution in [1.29, 1.82) is 0 Å². The van der Waals surface area contributed by atoms with Gasteiger partial charge in [-0.2, -0.15) is 0 Å². The maximum atomic E-state index is 13.9. The fourth-order valence-electron chi connectivity index (χ4n) is 2.53. The largest absolute Gasteiger partial charge is 0.203 e. The van der Waals surface area contributed by atoms with E-state index in [1.54, 1.807) is 12.1 Å². The minimum absolute atomic E-state index is 0.0606. The van der Waals surface area contributed by atoms with Crippen LogP contribution in [0.25, 0.3) is 21.9 Å². The van der Waals surface area contributed by atoms with Gasteiger partial charge in [0.25, 0.3) is 0 Å². The van der Waals surface area contributed by atoms with E-state index < -0.39 is 34.6 Å². The molecule has 0 amide bonds. The molecule has 118 valence electrons. The minimum Gasteiger partial charge on any atom is -0.203 e. The molecular weight excluding hydrogens is 311 g/mol. The van der Waals surface area contributed by atoms with Crippen LogP contribution in [-0.2, 0) is 6.42 Å². The molecule has 0 atom stereocenters. The first-order valence-electron chi connectivity index (χ1n) is 6.98. The quantitative estimate of drug-likeness (QED) is 0.319. The molecule has 3 aromatic rings. The zero-order chi connectivity index (χ0) is 16.7. The molecule has 3 rings (SSSR count).